The second-order valence-corrected chi connectivity index (χ2v) is 8.74. The molecule has 0 unspecified atom stereocenters. The highest BCUT2D eigenvalue weighted by Gasteiger charge is 2.21. The Hall–Kier alpha value is -3.01. The lowest BCUT2D eigenvalue weighted by Gasteiger charge is -2.03. The maximum absolute atomic E-state index is 12.9. The molecule has 9 heteroatoms. The van der Waals surface area contributed by atoms with Gasteiger partial charge in [0.05, 0.1) is 23.7 Å². The summed E-state index contributed by atoms with van der Waals surface area (Å²) in [5.74, 6) is -0.188. The van der Waals surface area contributed by atoms with Gasteiger partial charge in [0.2, 0.25) is 5.91 Å². The number of para-hydroxylation sites is 1. The van der Waals surface area contributed by atoms with E-state index in [1.165, 1.54) is 18.3 Å². The standard InChI is InChI=1S/C22H21N3O4S2/c1-3-28-11-16-15-6-4-5-7-18(15)29-20(16)21(27)25-22-24-17(12-30-22)19-9-8-14(31-19)10-23-13(2)26/h4-9,12H,3,10-11H2,1-2H3,(H,23,26)(H,24,25,27). The predicted molar refractivity (Wildman–Crippen MR) is 122 cm³/mol. The number of nitrogens with one attached hydrogen (secondary N) is 2. The predicted octanol–water partition coefficient (Wildman–Crippen LogP) is 5.04. The van der Waals surface area contributed by atoms with Crippen LogP contribution in [0.1, 0.15) is 34.8 Å². The molecule has 0 saturated carbocycles. The van der Waals surface area contributed by atoms with Crippen LogP contribution in [0.5, 0.6) is 0 Å². The number of hydrogen-bond donors (Lipinski definition) is 2. The van der Waals surface area contributed by atoms with Crippen LogP contribution in [-0.4, -0.2) is 23.4 Å². The molecule has 2 amide bonds. The van der Waals surface area contributed by atoms with Gasteiger partial charge in [-0.05, 0) is 25.1 Å². The Kier molecular flexibility index (Phi) is 6.45. The quantitative estimate of drug-likeness (QED) is 0.388. The number of benzene rings is 1. The highest BCUT2D eigenvalue weighted by atomic mass is 32.1. The summed E-state index contributed by atoms with van der Waals surface area (Å²) in [5.41, 5.74) is 2.15. The van der Waals surface area contributed by atoms with Gasteiger partial charge in [-0.1, -0.05) is 18.2 Å². The van der Waals surface area contributed by atoms with E-state index in [-0.39, 0.29) is 17.6 Å². The topological polar surface area (TPSA) is 93.5 Å². The minimum absolute atomic E-state index is 0.0668. The molecule has 7 nitrogen and oxygen atoms in total. The van der Waals surface area contributed by atoms with E-state index in [0.717, 1.165) is 26.4 Å². The number of furan rings is 1. The first kappa shape index (κ1) is 21.2. The molecule has 0 atom stereocenters. The van der Waals surface area contributed by atoms with E-state index < -0.39 is 0 Å². The molecule has 0 saturated heterocycles. The van der Waals surface area contributed by atoms with E-state index in [0.29, 0.717) is 30.5 Å². The van der Waals surface area contributed by atoms with Crippen molar-refractivity contribution in [1.82, 2.24) is 10.3 Å². The van der Waals surface area contributed by atoms with Gasteiger partial charge in [0.15, 0.2) is 10.9 Å². The van der Waals surface area contributed by atoms with Gasteiger partial charge in [-0.2, -0.15) is 0 Å². The monoisotopic (exact) mass is 455 g/mol. The maximum atomic E-state index is 12.9. The van der Waals surface area contributed by atoms with Crippen molar-refractivity contribution in [3.05, 3.63) is 58.0 Å². The highest BCUT2D eigenvalue weighted by molar-refractivity contribution is 7.17. The van der Waals surface area contributed by atoms with Gasteiger partial charge in [-0.15, -0.1) is 22.7 Å². The van der Waals surface area contributed by atoms with E-state index in [4.69, 9.17) is 9.15 Å². The van der Waals surface area contributed by atoms with Gasteiger partial charge in [-0.3, -0.25) is 14.9 Å². The van der Waals surface area contributed by atoms with E-state index in [1.54, 1.807) is 11.3 Å². The number of nitrogens with zero attached hydrogens (tertiary/aromatic N) is 1. The third-order valence-corrected chi connectivity index (χ3v) is 6.37. The SMILES string of the molecule is CCOCc1c(C(=O)Nc2nc(-c3ccc(CNC(C)=O)s3)cs2)oc2ccccc12. The van der Waals surface area contributed by atoms with E-state index in [1.807, 2.05) is 48.7 Å². The number of thiophene rings is 1. The Balaban J connectivity index is 1.51. The fourth-order valence-electron chi connectivity index (χ4n) is 3.05. The van der Waals surface area contributed by atoms with Crippen LogP contribution in [0.4, 0.5) is 5.13 Å². The molecule has 4 aromatic rings. The molecule has 0 bridgehead atoms. The number of aromatic nitrogens is 1. The molecule has 0 radical (unpaired) electrons. The molecule has 31 heavy (non-hydrogen) atoms. The van der Waals surface area contributed by atoms with Crippen molar-refractivity contribution in [2.45, 2.75) is 27.0 Å². The van der Waals surface area contributed by atoms with Crippen molar-refractivity contribution in [3.8, 4) is 10.6 Å². The molecule has 0 aliphatic heterocycles. The van der Waals surface area contributed by atoms with Gasteiger partial charge < -0.3 is 14.5 Å². The summed E-state index contributed by atoms with van der Waals surface area (Å²) in [6, 6.07) is 11.4. The fourth-order valence-corrected chi connectivity index (χ4v) is 4.74. The zero-order valence-corrected chi connectivity index (χ0v) is 18.7. The van der Waals surface area contributed by atoms with Crippen LogP contribution >= 0.6 is 22.7 Å². The third-order valence-electron chi connectivity index (χ3n) is 4.51. The number of rotatable bonds is 8. The van der Waals surface area contributed by atoms with Crippen LogP contribution in [0.15, 0.2) is 46.2 Å². The normalized spacial score (nSPS) is 11.0. The molecule has 2 N–H and O–H groups in total. The van der Waals surface area contributed by atoms with Crippen molar-refractivity contribution in [1.29, 1.82) is 0 Å². The summed E-state index contributed by atoms with van der Waals surface area (Å²) in [6.45, 7) is 4.73. The lowest BCUT2D eigenvalue weighted by molar-refractivity contribution is -0.119. The summed E-state index contributed by atoms with van der Waals surface area (Å²) in [4.78, 5) is 30.6. The van der Waals surface area contributed by atoms with Crippen molar-refractivity contribution in [2.24, 2.45) is 0 Å². The van der Waals surface area contributed by atoms with Gasteiger partial charge in [0.1, 0.15) is 5.58 Å². The third kappa shape index (κ3) is 4.84. The largest absolute Gasteiger partial charge is 0.451 e. The fraction of sp³-hybridized carbons (Fsp3) is 0.227. The number of ether oxygens (including phenoxy) is 1. The summed E-state index contributed by atoms with van der Waals surface area (Å²) in [6.07, 6.45) is 0. The summed E-state index contributed by atoms with van der Waals surface area (Å²) in [5, 5.41) is 8.87. The minimum atomic E-state index is -0.357. The van der Waals surface area contributed by atoms with Crippen LogP contribution in [0.2, 0.25) is 0 Å². The number of thiazole rings is 1. The maximum Gasteiger partial charge on any atom is 0.293 e. The summed E-state index contributed by atoms with van der Waals surface area (Å²) in [7, 11) is 0. The molecular formula is C22H21N3O4S2. The Morgan fingerprint density at radius 1 is 1.19 bits per heavy atom. The number of carbonyl (C=O) groups is 2. The summed E-state index contributed by atoms with van der Waals surface area (Å²) >= 11 is 2.90. The van der Waals surface area contributed by atoms with Crippen molar-refractivity contribution < 1.29 is 18.7 Å². The van der Waals surface area contributed by atoms with Gasteiger partial charge in [-0.25, -0.2) is 4.98 Å². The van der Waals surface area contributed by atoms with Crippen LogP contribution in [0.25, 0.3) is 21.5 Å². The molecular weight excluding hydrogens is 434 g/mol. The lowest BCUT2D eigenvalue weighted by atomic mass is 10.1. The van der Waals surface area contributed by atoms with Crippen molar-refractivity contribution >= 4 is 50.6 Å². The summed E-state index contributed by atoms with van der Waals surface area (Å²) < 4.78 is 11.4. The van der Waals surface area contributed by atoms with Crippen LogP contribution in [0.3, 0.4) is 0 Å². The molecule has 0 aliphatic carbocycles. The highest BCUT2D eigenvalue weighted by Crippen LogP contribution is 2.32. The van der Waals surface area contributed by atoms with E-state index >= 15 is 0 Å². The Morgan fingerprint density at radius 2 is 2.03 bits per heavy atom. The molecule has 3 aromatic heterocycles. The number of amides is 2. The second kappa shape index (κ2) is 9.42. The van der Waals surface area contributed by atoms with Gasteiger partial charge >= 0.3 is 0 Å². The van der Waals surface area contributed by atoms with E-state index in [9.17, 15) is 9.59 Å². The molecule has 0 aliphatic rings. The molecule has 0 fully saturated rings. The van der Waals surface area contributed by atoms with Gasteiger partial charge in [0, 0.05) is 34.7 Å². The molecule has 0 spiro atoms. The number of carbonyl (C=O) groups excluding carboxylic acids is 2. The van der Waals surface area contributed by atoms with Gasteiger partial charge in [0.25, 0.3) is 5.91 Å². The number of fused-ring (bicyclic) bond motifs is 1. The molecule has 4 rings (SSSR count). The zero-order chi connectivity index (χ0) is 21.8. The zero-order valence-electron chi connectivity index (χ0n) is 17.1. The molecule has 160 valence electrons. The Labute approximate surface area is 187 Å². The Bertz CT molecular complexity index is 1220. The van der Waals surface area contributed by atoms with E-state index in [2.05, 4.69) is 15.6 Å². The average molecular weight is 456 g/mol. The second-order valence-electron chi connectivity index (χ2n) is 6.71. The number of anilines is 1. The first-order chi connectivity index (χ1) is 15.0. The molecule has 3 heterocycles. The first-order valence-corrected chi connectivity index (χ1v) is 11.4. The Morgan fingerprint density at radius 3 is 2.84 bits per heavy atom. The lowest BCUT2D eigenvalue weighted by Crippen LogP contribution is -2.17. The smallest absolute Gasteiger partial charge is 0.293 e. The van der Waals surface area contributed by atoms with Crippen LogP contribution in [-0.2, 0) is 22.7 Å². The average Bonchev–Trinajstić information content (AvgIpc) is 3.49. The van der Waals surface area contributed by atoms with Crippen LogP contribution in [0, 0.1) is 0 Å². The van der Waals surface area contributed by atoms with Crippen LogP contribution < -0.4 is 10.6 Å². The first-order valence-electron chi connectivity index (χ1n) is 9.73. The van der Waals surface area contributed by atoms with Crippen molar-refractivity contribution in [3.63, 3.8) is 0 Å². The number of hydrogen-bond acceptors (Lipinski definition) is 7. The minimum Gasteiger partial charge on any atom is -0.451 e. The van der Waals surface area contributed by atoms with Crippen molar-refractivity contribution in [2.75, 3.05) is 11.9 Å². The molecule has 1 aromatic carbocycles.